The summed E-state index contributed by atoms with van der Waals surface area (Å²) >= 11 is 11.7. The van der Waals surface area contributed by atoms with Crippen LogP contribution in [-0.2, 0) is 0 Å². The van der Waals surface area contributed by atoms with E-state index in [0.717, 1.165) is 0 Å². The second-order valence-electron chi connectivity index (χ2n) is 3.73. The number of aromatic hydroxyl groups is 1. The number of amides is 2. The number of rotatable bonds is 2. The number of halogens is 2. The predicted molar refractivity (Wildman–Crippen MR) is 77.2 cm³/mol. The first-order chi connectivity index (χ1) is 9.06. The number of benzene rings is 2. The van der Waals surface area contributed by atoms with Crippen LogP contribution in [0, 0.1) is 0 Å². The summed E-state index contributed by atoms with van der Waals surface area (Å²) in [7, 11) is 0. The molecule has 0 aliphatic rings. The molecular formula is C13H10Cl2N2O2. The highest BCUT2D eigenvalue weighted by atomic mass is 35.5. The van der Waals surface area contributed by atoms with Crippen LogP contribution in [-0.4, -0.2) is 11.1 Å². The molecule has 0 spiro atoms. The lowest BCUT2D eigenvalue weighted by Crippen LogP contribution is -2.19. The van der Waals surface area contributed by atoms with E-state index in [-0.39, 0.29) is 10.8 Å². The summed E-state index contributed by atoms with van der Waals surface area (Å²) in [6, 6.07) is 10.8. The first-order valence-corrected chi connectivity index (χ1v) is 6.13. The monoisotopic (exact) mass is 296 g/mol. The van der Waals surface area contributed by atoms with Crippen molar-refractivity contribution < 1.29 is 9.90 Å². The number of hydrogen-bond acceptors (Lipinski definition) is 2. The molecule has 0 unspecified atom stereocenters. The highest BCUT2D eigenvalue weighted by Crippen LogP contribution is 2.26. The summed E-state index contributed by atoms with van der Waals surface area (Å²) in [5.41, 5.74) is 0.971. The Hall–Kier alpha value is -1.91. The van der Waals surface area contributed by atoms with Crippen LogP contribution in [0.1, 0.15) is 0 Å². The third-order valence-corrected chi connectivity index (χ3v) is 2.96. The van der Waals surface area contributed by atoms with E-state index in [9.17, 15) is 9.90 Å². The number of phenols is 1. The van der Waals surface area contributed by atoms with E-state index in [0.29, 0.717) is 16.4 Å². The van der Waals surface area contributed by atoms with Crippen molar-refractivity contribution >= 4 is 40.6 Å². The van der Waals surface area contributed by atoms with Crippen molar-refractivity contribution in [1.82, 2.24) is 0 Å². The molecule has 3 N–H and O–H groups in total. The van der Waals surface area contributed by atoms with Crippen LogP contribution < -0.4 is 10.6 Å². The molecule has 0 radical (unpaired) electrons. The van der Waals surface area contributed by atoms with E-state index in [1.807, 2.05) is 0 Å². The maximum absolute atomic E-state index is 11.7. The molecule has 98 valence electrons. The van der Waals surface area contributed by atoms with Gasteiger partial charge in [-0.3, -0.25) is 0 Å². The van der Waals surface area contributed by atoms with Crippen molar-refractivity contribution in [2.45, 2.75) is 0 Å². The first-order valence-electron chi connectivity index (χ1n) is 5.37. The summed E-state index contributed by atoms with van der Waals surface area (Å²) in [4.78, 5) is 11.7. The topological polar surface area (TPSA) is 61.4 Å². The molecule has 0 aliphatic carbocycles. The Morgan fingerprint density at radius 2 is 1.74 bits per heavy atom. The average Bonchev–Trinajstić information content (AvgIpc) is 2.37. The Bertz CT molecular complexity index is 617. The number of para-hydroxylation sites is 1. The van der Waals surface area contributed by atoms with Crippen LogP contribution in [0.4, 0.5) is 16.2 Å². The molecule has 0 heterocycles. The van der Waals surface area contributed by atoms with Gasteiger partial charge in [0.2, 0.25) is 0 Å². The number of anilines is 2. The summed E-state index contributed by atoms with van der Waals surface area (Å²) in [6.45, 7) is 0. The van der Waals surface area contributed by atoms with Gasteiger partial charge in [0.05, 0.1) is 15.7 Å². The molecule has 4 nitrogen and oxygen atoms in total. The minimum absolute atomic E-state index is 0.0428. The maximum Gasteiger partial charge on any atom is 0.323 e. The van der Waals surface area contributed by atoms with E-state index in [2.05, 4.69) is 10.6 Å². The largest absolute Gasteiger partial charge is 0.506 e. The van der Waals surface area contributed by atoms with Crippen molar-refractivity contribution in [2.24, 2.45) is 0 Å². The molecule has 0 saturated carbocycles. The van der Waals surface area contributed by atoms with E-state index < -0.39 is 6.03 Å². The minimum Gasteiger partial charge on any atom is -0.506 e. The molecule has 0 fully saturated rings. The molecule has 2 aromatic rings. The van der Waals surface area contributed by atoms with Crippen LogP contribution >= 0.6 is 23.2 Å². The van der Waals surface area contributed by atoms with Crippen LogP contribution in [0.25, 0.3) is 0 Å². The zero-order valence-electron chi connectivity index (χ0n) is 9.65. The molecule has 0 atom stereocenters. The van der Waals surface area contributed by atoms with Crippen molar-refractivity contribution in [2.75, 3.05) is 10.6 Å². The highest BCUT2D eigenvalue weighted by molar-refractivity contribution is 6.34. The third kappa shape index (κ3) is 3.53. The molecule has 2 rings (SSSR count). The molecule has 2 aromatic carbocycles. The number of hydrogen-bond donors (Lipinski definition) is 3. The second kappa shape index (κ2) is 5.82. The second-order valence-corrected chi connectivity index (χ2v) is 4.54. The Labute approximate surface area is 120 Å². The highest BCUT2D eigenvalue weighted by Gasteiger charge is 2.06. The number of urea groups is 1. The number of carbonyl (C=O) groups is 1. The van der Waals surface area contributed by atoms with Gasteiger partial charge in [0.1, 0.15) is 5.75 Å². The maximum atomic E-state index is 11.7. The Kier molecular flexibility index (Phi) is 4.14. The zero-order valence-corrected chi connectivity index (χ0v) is 11.2. The summed E-state index contributed by atoms with van der Waals surface area (Å²) < 4.78 is 0. The first kappa shape index (κ1) is 13.5. The number of nitrogens with one attached hydrogen (secondary N) is 2. The molecular weight excluding hydrogens is 287 g/mol. The van der Waals surface area contributed by atoms with Crippen molar-refractivity contribution in [1.29, 1.82) is 0 Å². The Morgan fingerprint density at radius 3 is 2.42 bits per heavy atom. The zero-order chi connectivity index (χ0) is 13.8. The van der Waals surface area contributed by atoms with Gasteiger partial charge in [0.25, 0.3) is 0 Å². The van der Waals surface area contributed by atoms with Gasteiger partial charge in [-0.15, -0.1) is 0 Å². The van der Waals surface area contributed by atoms with Gasteiger partial charge in [0.15, 0.2) is 0 Å². The van der Waals surface area contributed by atoms with Crippen LogP contribution in [0.5, 0.6) is 5.75 Å². The average molecular weight is 297 g/mol. The van der Waals surface area contributed by atoms with Crippen LogP contribution in [0.2, 0.25) is 10.0 Å². The smallest absolute Gasteiger partial charge is 0.323 e. The quantitative estimate of drug-likeness (QED) is 0.722. The Balaban J connectivity index is 2.05. The van der Waals surface area contributed by atoms with Crippen molar-refractivity contribution in [3.05, 3.63) is 52.5 Å². The van der Waals surface area contributed by atoms with Gasteiger partial charge in [-0.2, -0.15) is 0 Å². The van der Waals surface area contributed by atoms with Crippen molar-refractivity contribution in [3.8, 4) is 5.75 Å². The van der Waals surface area contributed by atoms with Gasteiger partial charge in [-0.05, 0) is 30.3 Å². The number of carbonyl (C=O) groups excluding carboxylic acids is 1. The normalized spacial score (nSPS) is 10.0. The van der Waals surface area contributed by atoms with E-state index in [1.165, 1.54) is 18.2 Å². The lowest BCUT2D eigenvalue weighted by molar-refractivity contribution is 0.262. The van der Waals surface area contributed by atoms with Crippen LogP contribution in [0.3, 0.4) is 0 Å². The fraction of sp³-hybridized carbons (Fsp3) is 0. The molecule has 0 bridgehead atoms. The summed E-state index contributed by atoms with van der Waals surface area (Å²) in [5, 5.41) is 15.1. The molecule has 0 aliphatic heterocycles. The van der Waals surface area contributed by atoms with Gasteiger partial charge >= 0.3 is 6.03 Å². The molecule has 0 saturated heterocycles. The lowest BCUT2D eigenvalue weighted by atomic mass is 10.3. The number of phenolic OH excluding ortho intramolecular Hbond substituents is 1. The lowest BCUT2D eigenvalue weighted by Gasteiger charge is -2.09. The fourth-order valence-electron chi connectivity index (χ4n) is 1.43. The van der Waals surface area contributed by atoms with Gasteiger partial charge in [-0.25, -0.2) is 4.79 Å². The molecule has 19 heavy (non-hydrogen) atoms. The van der Waals surface area contributed by atoms with Gasteiger partial charge in [-0.1, -0.05) is 35.3 Å². The van der Waals surface area contributed by atoms with Crippen LogP contribution in [0.15, 0.2) is 42.5 Å². The SMILES string of the molecule is O=C(Nc1ccc(O)c(Cl)c1)Nc1ccccc1Cl. The van der Waals surface area contributed by atoms with E-state index in [4.69, 9.17) is 23.2 Å². The fourth-order valence-corrected chi connectivity index (χ4v) is 1.80. The Morgan fingerprint density at radius 1 is 1.00 bits per heavy atom. The summed E-state index contributed by atoms with van der Waals surface area (Å²) in [5.74, 6) is -0.0428. The predicted octanol–water partition coefficient (Wildman–Crippen LogP) is 4.34. The molecule has 2 amide bonds. The van der Waals surface area contributed by atoms with E-state index >= 15 is 0 Å². The summed E-state index contributed by atoms with van der Waals surface area (Å²) in [6.07, 6.45) is 0. The van der Waals surface area contributed by atoms with E-state index in [1.54, 1.807) is 24.3 Å². The molecule has 0 aromatic heterocycles. The van der Waals surface area contributed by atoms with Gasteiger partial charge in [0, 0.05) is 5.69 Å². The standard InChI is InChI=1S/C13H10Cl2N2O2/c14-9-3-1-2-4-11(9)17-13(19)16-8-5-6-12(18)10(15)7-8/h1-7,18H,(H2,16,17,19). The minimum atomic E-state index is -0.449. The van der Waals surface area contributed by atoms with Gasteiger partial charge < -0.3 is 15.7 Å². The third-order valence-electron chi connectivity index (χ3n) is 2.33. The molecule has 6 heteroatoms. The van der Waals surface area contributed by atoms with Crippen molar-refractivity contribution in [3.63, 3.8) is 0 Å².